The number of nitrogens with zero attached hydrogens (tertiary/aromatic N) is 5. The third-order valence-corrected chi connectivity index (χ3v) is 2.19. The molecular formula is C9H9N5O3. The van der Waals surface area contributed by atoms with Gasteiger partial charge in [-0.05, 0) is 13.0 Å². The normalized spacial score (nSPS) is 12.3. The van der Waals surface area contributed by atoms with Crippen molar-refractivity contribution in [3.63, 3.8) is 0 Å². The number of aliphatic carboxylic acids is 1. The lowest BCUT2D eigenvalue weighted by atomic mass is 10.3. The largest absolute Gasteiger partial charge is 0.480 e. The molecule has 0 amide bonds. The number of aromatic nitrogens is 5. The lowest BCUT2D eigenvalue weighted by Gasteiger charge is -2.09. The van der Waals surface area contributed by atoms with Crippen molar-refractivity contribution in [3.05, 3.63) is 35.1 Å². The van der Waals surface area contributed by atoms with Crippen LogP contribution >= 0.6 is 0 Å². The molecule has 0 bridgehead atoms. The van der Waals surface area contributed by atoms with E-state index in [0.29, 0.717) is 5.82 Å². The molecule has 17 heavy (non-hydrogen) atoms. The highest BCUT2D eigenvalue weighted by Crippen LogP contribution is 2.03. The molecule has 1 atom stereocenters. The predicted molar refractivity (Wildman–Crippen MR) is 55.8 cm³/mol. The van der Waals surface area contributed by atoms with Crippen LogP contribution in [0, 0.1) is 0 Å². The monoisotopic (exact) mass is 235 g/mol. The van der Waals surface area contributed by atoms with Gasteiger partial charge in [0.1, 0.15) is 12.7 Å². The summed E-state index contributed by atoms with van der Waals surface area (Å²) in [4.78, 5) is 26.0. The van der Waals surface area contributed by atoms with E-state index in [0.717, 1.165) is 4.68 Å². The highest BCUT2D eigenvalue weighted by Gasteiger charge is 2.16. The lowest BCUT2D eigenvalue weighted by Crippen LogP contribution is -2.30. The van der Waals surface area contributed by atoms with Crippen LogP contribution in [0.5, 0.6) is 0 Å². The van der Waals surface area contributed by atoms with E-state index in [4.69, 9.17) is 5.11 Å². The maximum Gasteiger partial charge on any atom is 0.328 e. The van der Waals surface area contributed by atoms with Crippen LogP contribution in [-0.4, -0.2) is 35.6 Å². The first kappa shape index (κ1) is 11.0. The summed E-state index contributed by atoms with van der Waals surface area (Å²) in [5.41, 5.74) is -0.483. The van der Waals surface area contributed by atoms with Gasteiger partial charge in [0.05, 0.1) is 0 Å². The van der Waals surface area contributed by atoms with Gasteiger partial charge in [0.2, 0.25) is 0 Å². The van der Waals surface area contributed by atoms with Crippen LogP contribution in [0.2, 0.25) is 0 Å². The van der Waals surface area contributed by atoms with Gasteiger partial charge in [0.25, 0.3) is 5.56 Å². The second-order valence-corrected chi connectivity index (χ2v) is 3.33. The highest BCUT2D eigenvalue weighted by molar-refractivity contribution is 5.71. The SMILES string of the molecule is C[C@@H](C(=O)O)n1nc(-n2cncn2)ccc1=O. The van der Waals surface area contributed by atoms with E-state index >= 15 is 0 Å². The number of hydrogen-bond acceptors (Lipinski definition) is 5. The van der Waals surface area contributed by atoms with Gasteiger partial charge in [-0.15, -0.1) is 5.10 Å². The minimum Gasteiger partial charge on any atom is -0.480 e. The molecule has 0 saturated carbocycles. The molecule has 0 unspecified atom stereocenters. The summed E-state index contributed by atoms with van der Waals surface area (Å²) in [5.74, 6) is -0.800. The molecule has 2 heterocycles. The zero-order chi connectivity index (χ0) is 12.4. The van der Waals surface area contributed by atoms with Gasteiger partial charge in [-0.2, -0.15) is 5.10 Å². The van der Waals surface area contributed by atoms with Crippen molar-refractivity contribution < 1.29 is 9.90 Å². The standard InChI is InChI=1S/C9H9N5O3/c1-6(9(16)17)14-8(15)3-2-7(12-14)13-5-10-4-11-13/h2-6H,1H3,(H,16,17)/t6-/m0/s1. The summed E-state index contributed by atoms with van der Waals surface area (Å²) >= 11 is 0. The maximum absolute atomic E-state index is 11.5. The average molecular weight is 235 g/mol. The molecule has 0 aromatic carbocycles. The van der Waals surface area contributed by atoms with Crippen LogP contribution < -0.4 is 5.56 Å². The van der Waals surface area contributed by atoms with Crippen LogP contribution in [-0.2, 0) is 4.79 Å². The van der Waals surface area contributed by atoms with Gasteiger partial charge in [-0.1, -0.05) is 0 Å². The van der Waals surface area contributed by atoms with Crippen molar-refractivity contribution in [1.82, 2.24) is 24.5 Å². The Kier molecular flexibility index (Phi) is 2.69. The molecule has 0 fully saturated rings. The quantitative estimate of drug-likeness (QED) is 0.767. The molecule has 2 aromatic heterocycles. The Bertz CT molecular complexity index is 589. The molecule has 2 aromatic rings. The first-order valence-electron chi connectivity index (χ1n) is 4.77. The molecule has 0 aliphatic rings. The summed E-state index contributed by atoms with van der Waals surface area (Å²) in [7, 11) is 0. The van der Waals surface area contributed by atoms with Gasteiger partial charge >= 0.3 is 5.97 Å². The fraction of sp³-hybridized carbons (Fsp3) is 0.222. The summed E-state index contributed by atoms with van der Waals surface area (Å²) < 4.78 is 2.23. The Labute approximate surface area is 95.1 Å². The second-order valence-electron chi connectivity index (χ2n) is 3.33. The van der Waals surface area contributed by atoms with E-state index in [-0.39, 0.29) is 0 Å². The number of rotatable bonds is 3. The maximum atomic E-state index is 11.5. The number of hydrogen-bond donors (Lipinski definition) is 1. The van der Waals surface area contributed by atoms with Crippen molar-refractivity contribution in [2.75, 3.05) is 0 Å². The molecule has 0 spiro atoms. The molecule has 0 saturated heterocycles. The van der Waals surface area contributed by atoms with Crippen LogP contribution in [0.4, 0.5) is 0 Å². The topological polar surface area (TPSA) is 103 Å². The molecule has 88 valence electrons. The van der Waals surface area contributed by atoms with Gasteiger partial charge in [0, 0.05) is 6.07 Å². The van der Waals surface area contributed by atoms with Crippen molar-refractivity contribution in [1.29, 1.82) is 0 Å². The Balaban J connectivity index is 2.50. The van der Waals surface area contributed by atoms with E-state index in [2.05, 4.69) is 15.2 Å². The number of carboxylic acids is 1. The molecule has 0 aliphatic heterocycles. The number of carbonyl (C=O) groups is 1. The van der Waals surface area contributed by atoms with E-state index < -0.39 is 17.6 Å². The molecular weight excluding hydrogens is 226 g/mol. The molecule has 0 radical (unpaired) electrons. The van der Waals surface area contributed by atoms with Crippen LogP contribution in [0.15, 0.2) is 29.6 Å². The van der Waals surface area contributed by atoms with Gasteiger partial charge < -0.3 is 5.11 Å². The van der Waals surface area contributed by atoms with Crippen molar-refractivity contribution in [2.24, 2.45) is 0 Å². The summed E-state index contributed by atoms with van der Waals surface area (Å²) in [6.45, 7) is 1.38. The van der Waals surface area contributed by atoms with Crippen LogP contribution in [0.1, 0.15) is 13.0 Å². The minimum absolute atomic E-state index is 0.329. The Morgan fingerprint density at radius 1 is 1.47 bits per heavy atom. The van der Waals surface area contributed by atoms with Crippen molar-refractivity contribution in [3.8, 4) is 5.82 Å². The molecule has 0 aliphatic carbocycles. The summed E-state index contributed by atoms with van der Waals surface area (Å²) in [6, 6.07) is 1.65. The van der Waals surface area contributed by atoms with Crippen LogP contribution in [0.25, 0.3) is 5.82 Å². The minimum atomic E-state index is -1.13. The molecule has 8 nitrogen and oxygen atoms in total. The first-order chi connectivity index (χ1) is 8.09. The van der Waals surface area contributed by atoms with Crippen molar-refractivity contribution >= 4 is 5.97 Å². The number of carboxylic acid groups (broad SMARTS) is 1. The predicted octanol–water partition coefficient (Wildman–Crippen LogP) is -0.530. The van der Waals surface area contributed by atoms with Gasteiger partial charge in [-0.25, -0.2) is 19.1 Å². The average Bonchev–Trinajstić information content (AvgIpc) is 2.82. The lowest BCUT2D eigenvalue weighted by molar-refractivity contribution is -0.140. The van der Waals surface area contributed by atoms with Crippen molar-refractivity contribution in [2.45, 2.75) is 13.0 Å². The van der Waals surface area contributed by atoms with E-state index in [1.807, 2.05) is 0 Å². The zero-order valence-electron chi connectivity index (χ0n) is 8.89. The van der Waals surface area contributed by atoms with E-state index in [1.165, 1.54) is 36.4 Å². The second kappa shape index (κ2) is 4.16. The molecule has 1 N–H and O–H groups in total. The molecule has 8 heteroatoms. The third kappa shape index (κ3) is 2.05. The van der Waals surface area contributed by atoms with Gasteiger partial charge in [-0.3, -0.25) is 4.79 Å². The van der Waals surface area contributed by atoms with E-state index in [1.54, 1.807) is 0 Å². The van der Waals surface area contributed by atoms with Gasteiger partial charge in [0.15, 0.2) is 11.9 Å². The van der Waals surface area contributed by atoms with Crippen LogP contribution in [0.3, 0.4) is 0 Å². The zero-order valence-corrected chi connectivity index (χ0v) is 8.89. The first-order valence-corrected chi connectivity index (χ1v) is 4.77. The van der Waals surface area contributed by atoms with E-state index in [9.17, 15) is 9.59 Å². The Morgan fingerprint density at radius 3 is 2.82 bits per heavy atom. The summed E-state index contributed by atoms with van der Waals surface area (Å²) in [5, 5.41) is 16.6. The Morgan fingerprint density at radius 2 is 2.24 bits per heavy atom. The fourth-order valence-electron chi connectivity index (χ4n) is 1.25. The smallest absolute Gasteiger partial charge is 0.328 e. The fourth-order valence-corrected chi connectivity index (χ4v) is 1.25. The Hall–Kier alpha value is -2.51. The third-order valence-electron chi connectivity index (χ3n) is 2.19. The highest BCUT2D eigenvalue weighted by atomic mass is 16.4. The molecule has 2 rings (SSSR count). The summed E-state index contributed by atoms with van der Waals surface area (Å²) in [6.07, 6.45) is 2.72.